The van der Waals surface area contributed by atoms with Gasteiger partial charge in [-0.25, -0.2) is 4.98 Å². The summed E-state index contributed by atoms with van der Waals surface area (Å²) in [5, 5.41) is 0. The van der Waals surface area contributed by atoms with Crippen molar-refractivity contribution >= 4 is 0 Å². The molecule has 0 aliphatic heterocycles. The second kappa shape index (κ2) is 6.38. The highest BCUT2D eigenvalue weighted by Gasteiger charge is 2.06. The van der Waals surface area contributed by atoms with Gasteiger partial charge in [-0.05, 0) is 17.7 Å². The lowest BCUT2D eigenvalue weighted by molar-refractivity contribution is 0.295. The second-order valence-corrected chi connectivity index (χ2v) is 4.83. The summed E-state index contributed by atoms with van der Waals surface area (Å²) in [6.07, 6.45) is 3.83. The SMILES string of the molecule is CC(C)c1nccn1CCOc1ccc(CN)cc1. The molecule has 19 heavy (non-hydrogen) atoms. The van der Waals surface area contributed by atoms with E-state index in [0.29, 0.717) is 19.1 Å². The topological polar surface area (TPSA) is 53.1 Å². The van der Waals surface area contributed by atoms with Crippen molar-refractivity contribution in [2.45, 2.75) is 32.9 Å². The van der Waals surface area contributed by atoms with Crippen LogP contribution in [-0.2, 0) is 13.1 Å². The number of aromatic nitrogens is 2. The maximum atomic E-state index is 5.72. The van der Waals surface area contributed by atoms with E-state index in [0.717, 1.165) is 23.7 Å². The Morgan fingerprint density at radius 1 is 1.26 bits per heavy atom. The number of hydrogen-bond donors (Lipinski definition) is 1. The average Bonchev–Trinajstić information content (AvgIpc) is 2.88. The van der Waals surface area contributed by atoms with Crippen LogP contribution in [0.5, 0.6) is 5.75 Å². The molecule has 4 heteroatoms. The molecule has 0 bridgehead atoms. The van der Waals surface area contributed by atoms with Crippen LogP contribution in [0.4, 0.5) is 0 Å². The number of rotatable bonds is 6. The smallest absolute Gasteiger partial charge is 0.119 e. The predicted octanol–water partition coefficient (Wildman–Crippen LogP) is 2.54. The Kier molecular flexibility index (Phi) is 4.58. The van der Waals surface area contributed by atoms with Crippen molar-refractivity contribution in [2.24, 2.45) is 5.73 Å². The van der Waals surface area contributed by atoms with Crippen LogP contribution in [0.25, 0.3) is 0 Å². The minimum atomic E-state index is 0.429. The van der Waals surface area contributed by atoms with E-state index in [2.05, 4.69) is 23.4 Å². The first kappa shape index (κ1) is 13.6. The first-order valence-electron chi connectivity index (χ1n) is 6.63. The molecule has 2 N–H and O–H groups in total. The molecular formula is C15H21N3O. The molecular weight excluding hydrogens is 238 g/mol. The molecule has 0 fully saturated rings. The zero-order valence-corrected chi connectivity index (χ0v) is 11.5. The first-order chi connectivity index (χ1) is 9.20. The van der Waals surface area contributed by atoms with Gasteiger partial charge in [0.2, 0.25) is 0 Å². The Balaban J connectivity index is 1.87. The van der Waals surface area contributed by atoms with Gasteiger partial charge in [0.1, 0.15) is 18.2 Å². The molecule has 0 unspecified atom stereocenters. The molecule has 0 radical (unpaired) electrons. The molecule has 0 aliphatic carbocycles. The Morgan fingerprint density at radius 2 is 2.00 bits per heavy atom. The zero-order chi connectivity index (χ0) is 13.7. The van der Waals surface area contributed by atoms with Gasteiger partial charge < -0.3 is 15.0 Å². The summed E-state index contributed by atoms with van der Waals surface area (Å²) in [4.78, 5) is 4.36. The standard InChI is InChI=1S/C15H21N3O/c1-12(2)15-17-7-8-18(15)9-10-19-14-5-3-13(11-16)4-6-14/h3-8,12H,9-11,16H2,1-2H3. The van der Waals surface area contributed by atoms with Crippen LogP contribution in [0.2, 0.25) is 0 Å². The monoisotopic (exact) mass is 259 g/mol. The molecule has 102 valence electrons. The fraction of sp³-hybridized carbons (Fsp3) is 0.400. The van der Waals surface area contributed by atoms with Crippen LogP contribution in [0.1, 0.15) is 31.2 Å². The van der Waals surface area contributed by atoms with Gasteiger partial charge in [0, 0.05) is 24.9 Å². The highest BCUT2D eigenvalue weighted by atomic mass is 16.5. The molecule has 0 saturated heterocycles. The van der Waals surface area contributed by atoms with E-state index in [1.165, 1.54) is 0 Å². The Hall–Kier alpha value is -1.81. The lowest BCUT2D eigenvalue weighted by Gasteiger charge is -2.11. The van der Waals surface area contributed by atoms with Crippen LogP contribution in [-0.4, -0.2) is 16.2 Å². The quantitative estimate of drug-likeness (QED) is 0.867. The summed E-state index contributed by atoms with van der Waals surface area (Å²) in [5.41, 5.74) is 6.67. The molecule has 0 aliphatic rings. The molecule has 0 saturated carbocycles. The van der Waals surface area contributed by atoms with Crippen LogP contribution >= 0.6 is 0 Å². The number of benzene rings is 1. The summed E-state index contributed by atoms with van der Waals surface area (Å²) < 4.78 is 7.86. The van der Waals surface area contributed by atoms with E-state index in [1.807, 2.05) is 36.7 Å². The minimum absolute atomic E-state index is 0.429. The lowest BCUT2D eigenvalue weighted by atomic mass is 10.2. The van der Waals surface area contributed by atoms with Gasteiger partial charge >= 0.3 is 0 Å². The summed E-state index contributed by atoms with van der Waals surface area (Å²) in [7, 11) is 0. The van der Waals surface area contributed by atoms with Crippen molar-refractivity contribution in [3.8, 4) is 5.75 Å². The number of nitrogens with zero attached hydrogens (tertiary/aromatic N) is 2. The zero-order valence-electron chi connectivity index (χ0n) is 11.5. The minimum Gasteiger partial charge on any atom is -0.492 e. The molecule has 0 atom stereocenters. The van der Waals surface area contributed by atoms with Crippen molar-refractivity contribution in [1.29, 1.82) is 0 Å². The van der Waals surface area contributed by atoms with Gasteiger partial charge in [0.25, 0.3) is 0 Å². The maximum absolute atomic E-state index is 5.72. The van der Waals surface area contributed by atoms with E-state index in [4.69, 9.17) is 10.5 Å². The summed E-state index contributed by atoms with van der Waals surface area (Å²) in [5.74, 6) is 2.41. The fourth-order valence-corrected chi connectivity index (χ4v) is 1.99. The third-order valence-corrected chi connectivity index (χ3v) is 3.02. The van der Waals surface area contributed by atoms with Gasteiger partial charge in [0.05, 0.1) is 6.54 Å². The fourth-order valence-electron chi connectivity index (χ4n) is 1.99. The van der Waals surface area contributed by atoms with Crippen LogP contribution < -0.4 is 10.5 Å². The highest BCUT2D eigenvalue weighted by Crippen LogP contribution is 2.13. The van der Waals surface area contributed by atoms with Crippen molar-refractivity contribution in [3.05, 3.63) is 48.0 Å². The largest absolute Gasteiger partial charge is 0.492 e. The summed E-state index contributed by atoms with van der Waals surface area (Å²) >= 11 is 0. The molecule has 4 nitrogen and oxygen atoms in total. The van der Waals surface area contributed by atoms with E-state index >= 15 is 0 Å². The van der Waals surface area contributed by atoms with Crippen molar-refractivity contribution in [2.75, 3.05) is 6.61 Å². The molecule has 2 rings (SSSR count). The van der Waals surface area contributed by atoms with Crippen LogP contribution in [0.15, 0.2) is 36.7 Å². The third-order valence-electron chi connectivity index (χ3n) is 3.02. The van der Waals surface area contributed by atoms with E-state index in [9.17, 15) is 0 Å². The molecule has 1 heterocycles. The Labute approximate surface area is 114 Å². The second-order valence-electron chi connectivity index (χ2n) is 4.83. The van der Waals surface area contributed by atoms with Gasteiger partial charge in [-0.15, -0.1) is 0 Å². The van der Waals surface area contributed by atoms with Crippen molar-refractivity contribution in [3.63, 3.8) is 0 Å². The summed E-state index contributed by atoms with van der Waals surface area (Å²) in [6.45, 7) is 6.30. The first-order valence-corrected chi connectivity index (χ1v) is 6.63. The number of nitrogens with two attached hydrogens (primary N) is 1. The number of ether oxygens (including phenoxy) is 1. The van der Waals surface area contributed by atoms with E-state index in [1.54, 1.807) is 0 Å². The number of hydrogen-bond acceptors (Lipinski definition) is 3. The summed E-state index contributed by atoms with van der Waals surface area (Å²) in [6, 6.07) is 7.90. The van der Waals surface area contributed by atoms with Crippen molar-refractivity contribution < 1.29 is 4.74 Å². The molecule has 1 aromatic heterocycles. The van der Waals surface area contributed by atoms with E-state index < -0.39 is 0 Å². The molecule has 1 aromatic carbocycles. The van der Waals surface area contributed by atoms with Gasteiger partial charge in [-0.3, -0.25) is 0 Å². The van der Waals surface area contributed by atoms with E-state index in [-0.39, 0.29) is 0 Å². The van der Waals surface area contributed by atoms with Crippen LogP contribution in [0.3, 0.4) is 0 Å². The Bertz CT molecular complexity index is 502. The van der Waals surface area contributed by atoms with Crippen molar-refractivity contribution in [1.82, 2.24) is 9.55 Å². The van der Waals surface area contributed by atoms with Gasteiger partial charge in [-0.2, -0.15) is 0 Å². The average molecular weight is 259 g/mol. The van der Waals surface area contributed by atoms with Gasteiger partial charge in [-0.1, -0.05) is 26.0 Å². The predicted molar refractivity (Wildman–Crippen MR) is 76.1 cm³/mol. The maximum Gasteiger partial charge on any atom is 0.119 e. The molecule has 0 amide bonds. The van der Waals surface area contributed by atoms with Crippen LogP contribution in [0, 0.1) is 0 Å². The van der Waals surface area contributed by atoms with Gasteiger partial charge in [0.15, 0.2) is 0 Å². The highest BCUT2D eigenvalue weighted by molar-refractivity contribution is 5.27. The number of imidazole rings is 1. The Morgan fingerprint density at radius 3 is 2.63 bits per heavy atom. The molecule has 0 spiro atoms. The third kappa shape index (κ3) is 3.58. The molecule has 2 aromatic rings. The normalized spacial score (nSPS) is 10.9. The lowest BCUT2D eigenvalue weighted by Crippen LogP contribution is -2.11.